The second kappa shape index (κ2) is 19.2. The van der Waals surface area contributed by atoms with Crippen LogP contribution in [-0.4, -0.2) is 11.3 Å². The molecule has 0 aliphatic carbocycles. The molecule has 84 heavy (non-hydrogen) atoms. The number of rotatable bonds is 9. The van der Waals surface area contributed by atoms with Gasteiger partial charge >= 0.3 is 0 Å². The zero-order valence-electron chi connectivity index (χ0n) is 48.1. The molecule has 0 bridgehead atoms. The normalized spacial score (nSPS) is 13.8. The quantitative estimate of drug-likeness (QED) is 0.107. The van der Waals surface area contributed by atoms with Crippen LogP contribution in [0.4, 0.5) is 17.1 Å². The monoisotopic (exact) mass is 1100 g/mol. The number of nitrogens with zero attached hydrogens (tertiary/aromatic N) is 2. The van der Waals surface area contributed by atoms with E-state index in [1.54, 1.807) is 0 Å². The van der Waals surface area contributed by atoms with Crippen LogP contribution >= 0.6 is 11.8 Å². The van der Waals surface area contributed by atoms with E-state index in [9.17, 15) is 0 Å². The number of benzene rings is 11. The maximum absolute atomic E-state index is 6.43. The Morgan fingerprint density at radius 1 is 0.476 bits per heavy atom. The second-order valence-corrected chi connectivity index (χ2v) is 25.8. The van der Waals surface area contributed by atoms with Crippen LogP contribution in [0, 0.1) is 11.8 Å². The molecule has 3 aromatic heterocycles. The Bertz CT molecular complexity index is 4980. The third-order valence-electron chi connectivity index (χ3n) is 18.6. The van der Waals surface area contributed by atoms with Gasteiger partial charge < -0.3 is 18.3 Å². The molecule has 404 valence electrons. The van der Waals surface area contributed by atoms with E-state index in [0.717, 1.165) is 71.9 Å². The molecule has 0 saturated carbocycles. The zero-order valence-corrected chi connectivity index (χ0v) is 48.9. The lowest BCUT2D eigenvalue weighted by molar-refractivity contribution is 0.385. The molecule has 6 heteroatoms. The lowest BCUT2D eigenvalue weighted by Gasteiger charge is -2.43. The molecule has 2 atom stereocenters. The summed E-state index contributed by atoms with van der Waals surface area (Å²) in [7, 11) is 0. The number of hydrogen-bond donors (Lipinski definition) is 0. The van der Waals surface area contributed by atoms with E-state index >= 15 is 0 Å². The van der Waals surface area contributed by atoms with E-state index < -0.39 is 0 Å². The van der Waals surface area contributed by atoms with Crippen LogP contribution in [0.2, 0.25) is 0 Å². The van der Waals surface area contributed by atoms with Gasteiger partial charge in [-0.25, -0.2) is 0 Å². The maximum Gasteiger partial charge on any atom is 0.249 e. The molecule has 0 radical (unpaired) electrons. The SMILES string of the molecule is C=C[C@H](c1cccc(-c2ccc(C(C)(C)C)cc2)c1N1c2cc(-c3ccc4oc5ccccc5c4c3)ccc2B2c3ccc(-c4ccc5oc6ccccc6c5c4)cc3Sc3cc(-n4c5ccccc5c5ccccc54)cc1c32)[C@@H](C)C(C)C. The molecule has 5 heterocycles. The molecular weight excluding hydrogens is 1040 g/mol. The van der Waals surface area contributed by atoms with Gasteiger partial charge in [-0.1, -0.05) is 217 Å². The van der Waals surface area contributed by atoms with Crippen molar-refractivity contribution >= 4 is 118 Å². The van der Waals surface area contributed by atoms with Crippen molar-refractivity contribution < 1.29 is 8.83 Å². The summed E-state index contributed by atoms with van der Waals surface area (Å²) >= 11 is 1.91. The van der Waals surface area contributed by atoms with Crippen LogP contribution in [0.5, 0.6) is 0 Å². The molecule has 11 aromatic carbocycles. The fraction of sp³-hybridized carbons (Fsp3) is 0.128. The number of fused-ring (bicyclic) bond motifs is 13. The zero-order chi connectivity index (χ0) is 56.7. The van der Waals surface area contributed by atoms with Crippen LogP contribution in [0.3, 0.4) is 0 Å². The summed E-state index contributed by atoms with van der Waals surface area (Å²) in [4.78, 5) is 5.19. The van der Waals surface area contributed by atoms with Gasteiger partial charge in [-0.2, -0.15) is 0 Å². The van der Waals surface area contributed by atoms with Crippen LogP contribution in [-0.2, 0) is 5.41 Å². The van der Waals surface area contributed by atoms with Crippen LogP contribution in [0.1, 0.15) is 58.6 Å². The van der Waals surface area contributed by atoms with Crippen LogP contribution in [0.15, 0.2) is 256 Å². The Labute approximate surface area is 494 Å². The molecule has 4 nitrogen and oxygen atoms in total. The number of allylic oxidation sites excluding steroid dienone is 1. The van der Waals surface area contributed by atoms with Gasteiger partial charge in [0.15, 0.2) is 0 Å². The van der Waals surface area contributed by atoms with Crippen molar-refractivity contribution in [1.82, 2.24) is 4.57 Å². The Balaban J connectivity index is 1.00. The summed E-state index contributed by atoms with van der Waals surface area (Å²) in [6, 6.07) is 83.9. The van der Waals surface area contributed by atoms with E-state index in [0.29, 0.717) is 11.8 Å². The van der Waals surface area contributed by atoms with Crippen molar-refractivity contribution in [3.05, 3.63) is 248 Å². The molecule has 0 spiro atoms. The molecule has 0 saturated heterocycles. The molecule has 2 aliphatic heterocycles. The van der Waals surface area contributed by atoms with Crippen molar-refractivity contribution in [3.8, 4) is 39.1 Å². The van der Waals surface area contributed by atoms with Gasteiger partial charge in [-0.3, -0.25) is 0 Å². The molecule has 0 amide bonds. The number of anilines is 3. The van der Waals surface area contributed by atoms with E-state index in [2.05, 4.69) is 276 Å². The van der Waals surface area contributed by atoms with Crippen LogP contribution < -0.4 is 21.3 Å². The molecule has 14 aromatic rings. The highest BCUT2D eigenvalue weighted by atomic mass is 32.2. The van der Waals surface area contributed by atoms with Gasteiger partial charge in [0.25, 0.3) is 0 Å². The number of para-hydroxylation sites is 5. The standard InChI is InChI=1S/C78H61BN2O2S/c1-8-55(47(4)46(2)3)61-23-17-22-56(48-28-34-53(35-29-48)78(5,6)7)77(61)81-68-42-51(49-32-38-72-62(40-49)59-20-11-15-26-70(59)82-72)30-36-64(68)79-65-37-31-52(50-33-39-73-63(41-50)60-21-12-16-27-71(60)83-73)43-74(65)84-75-45-54(44-69(81)76(75)79)80-66-24-13-9-18-57(66)58-19-10-14-25-67(58)80/h8-47,55H,1H2,2-7H3/t47-,55-/m0/s1. The third-order valence-corrected chi connectivity index (χ3v) is 19.7. The summed E-state index contributed by atoms with van der Waals surface area (Å²) in [5, 5.41) is 6.96. The van der Waals surface area contributed by atoms with Gasteiger partial charge in [0, 0.05) is 70.7 Å². The summed E-state index contributed by atoms with van der Waals surface area (Å²) < 4.78 is 15.3. The fourth-order valence-corrected chi connectivity index (χ4v) is 15.2. The Kier molecular flexibility index (Phi) is 11.5. The van der Waals surface area contributed by atoms with Gasteiger partial charge in [0.1, 0.15) is 22.3 Å². The molecule has 0 fully saturated rings. The first-order valence-electron chi connectivity index (χ1n) is 29.6. The van der Waals surface area contributed by atoms with Crippen molar-refractivity contribution in [2.45, 2.75) is 62.7 Å². The molecular formula is C78H61BN2O2S. The molecule has 0 unspecified atom stereocenters. The van der Waals surface area contributed by atoms with E-state index in [1.807, 2.05) is 23.9 Å². The van der Waals surface area contributed by atoms with Crippen molar-refractivity contribution in [2.24, 2.45) is 11.8 Å². The third kappa shape index (κ3) is 7.83. The molecule has 0 N–H and O–H groups in total. The van der Waals surface area contributed by atoms with Gasteiger partial charge in [-0.05, 0) is 140 Å². The number of furan rings is 2. The van der Waals surface area contributed by atoms with Crippen molar-refractivity contribution in [2.75, 3.05) is 4.90 Å². The van der Waals surface area contributed by atoms with Crippen molar-refractivity contribution in [1.29, 1.82) is 0 Å². The van der Waals surface area contributed by atoms with E-state index in [1.165, 1.54) is 87.2 Å². The lowest BCUT2D eigenvalue weighted by Crippen LogP contribution is -2.60. The Hall–Kier alpha value is -9.23. The lowest BCUT2D eigenvalue weighted by atomic mass is 9.34. The summed E-state index contributed by atoms with van der Waals surface area (Å²) in [5.74, 6) is 0.736. The average molecular weight is 1100 g/mol. The maximum atomic E-state index is 6.43. The van der Waals surface area contributed by atoms with Gasteiger partial charge in [0.05, 0.1) is 16.7 Å². The predicted molar refractivity (Wildman–Crippen MR) is 357 cm³/mol. The van der Waals surface area contributed by atoms with Gasteiger partial charge in [-0.15, -0.1) is 6.58 Å². The highest BCUT2D eigenvalue weighted by Crippen LogP contribution is 2.52. The first-order valence-corrected chi connectivity index (χ1v) is 30.4. The summed E-state index contributed by atoms with van der Waals surface area (Å²) in [5.41, 5.74) is 24.0. The van der Waals surface area contributed by atoms with E-state index in [4.69, 9.17) is 8.83 Å². The highest BCUT2D eigenvalue weighted by Gasteiger charge is 2.43. The summed E-state index contributed by atoms with van der Waals surface area (Å²) in [6.07, 6.45) is 2.21. The Morgan fingerprint density at radius 3 is 1.62 bits per heavy atom. The molecule has 16 rings (SSSR count). The number of hydrogen-bond acceptors (Lipinski definition) is 4. The minimum atomic E-state index is -0.0835. The molecule has 2 aliphatic rings. The Morgan fingerprint density at radius 2 is 1.01 bits per heavy atom. The first kappa shape index (κ1) is 50.5. The topological polar surface area (TPSA) is 34.5 Å². The predicted octanol–water partition coefficient (Wildman–Crippen LogP) is 20.2. The smallest absolute Gasteiger partial charge is 0.249 e. The first-order chi connectivity index (χ1) is 41.0. The van der Waals surface area contributed by atoms with Crippen LogP contribution in [0.25, 0.3) is 105 Å². The average Bonchev–Trinajstić information content (AvgIpc) is 1.18. The minimum absolute atomic E-state index is 0.00381. The van der Waals surface area contributed by atoms with Crippen molar-refractivity contribution in [3.63, 3.8) is 0 Å². The van der Waals surface area contributed by atoms with E-state index in [-0.39, 0.29) is 18.0 Å². The van der Waals surface area contributed by atoms with Gasteiger partial charge in [0.2, 0.25) is 6.71 Å². The minimum Gasteiger partial charge on any atom is -0.456 e. The fourth-order valence-electron chi connectivity index (χ4n) is 14.0. The highest BCUT2D eigenvalue weighted by molar-refractivity contribution is 8.00. The number of aromatic nitrogens is 1. The second-order valence-electron chi connectivity index (χ2n) is 24.7. The summed E-state index contributed by atoms with van der Waals surface area (Å²) in [6.45, 7) is 18.6. The largest absolute Gasteiger partial charge is 0.456 e.